The number of hydrogen-bond donors (Lipinski definition) is 0. The summed E-state index contributed by atoms with van der Waals surface area (Å²) in [6, 6.07) is 24.7. The van der Waals surface area contributed by atoms with Crippen molar-refractivity contribution in [3.05, 3.63) is 96.6 Å². The SMILES string of the molecule is O=C(c1ccc2ccccc2n1)N(Cc1ccco1)c1ccccc1. The monoisotopic (exact) mass is 328 g/mol. The summed E-state index contributed by atoms with van der Waals surface area (Å²) in [5, 5.41) is 1.01. The summed E-state index contributed by atoms with van der Waals surface area (Å²) in [5.41, 5.74) is 2.02. The number of fused-ring (bicyclic) bond motifs is 1. The molecule has 0 N–H and O–H groups in total. The van der Waals surface area contributed by atoms with E-state index in [9.17, 15) is 4.79 Å². The molecule has 2 aromatic heterocycles. The third-order valence-electron chi connectivity index (χ3n) is 4.02. The number of carbonyl (C=O) groups is 1. The maximum absolute atomic E-state index is 13.1. The lowest BCUT2D eigenvalue weighted by Crippen LogP contribution is -2.30. The molecule has 0 aliphatic rings. The van der Waals surface area contributed by atoms with Gasteiger partial charge < -0.3 is 4.42 Å². The van der Waals surface area contributed by atoms with Crippen molar-refractivity contribution in [2.75, 3.05) is 4.90 Å². The molecule has 0 aliphatic carbocycles. The largest absolute Gasteiger partial charge is 0.467 e. The summed E-state index contributed by atoms with van der Waals surface area (Å²) in [5.74, 6) is 0.561. The Hall–Kier alpha value is -3.40. The van der Waals surface area contributed by atoms with Crippen LogP contribution < -0.4 is 4.90 Å². The predicted octanol–water partition coefficient (Wildman–Crippen LogP) is 4.67. The Labute approximate surface area is 145 Å². The molecule has 0 radical (unpaired) electrons. The molecule has 0 saturated carbocycles. The van der Waals surface area contributed by atoms with E-state index >= 15 is 0 Å². The first kappa shape index (κ1) is 15.1. The Balaban J connectivity index is 1.73. The highest BCUT2D eigenvalue weighted by Gasteiger charge is 2.20. The van der Waals surface area contributed by atoms with Crippen LogP contribution in [0.5, 0.6) is 0 Å². The zero-order chi connectivity index (χ0) is 17.1. The molecule has 0 spiro atoms. The first-order chi connectivity index (χ1) is 12.3. The molecule has 4 nitrogen and oxygen atoms in total. The third kappa shape index (κ3) is 3.15. The molecule has 0 fully saturated rings. The van der Waals surface area contributed by atoms with Gasteiger partial charge in [0.15, 0.2) is 0 Å². The van der Waals surface area contributed by atoms with Gasteiger partial charge in [-0.3, -0.25) is 9.69 Å². The minimum absolute atomic E-state index is 0.159. The van der Waals surface area contributed by atoms with Gasteiger partial charge in [0.1, 0.15) is 11.5 Å². The van der Waals surface area contributed by atoms with E-state index in [0.717, 1.165) is 22.4 Å². The van der Waals surface area contributed by atoms with Gasteiger partial charge in [-0.25, -0.2) is 4.98 Å². The molecule has 1 amide bonds. The van der Waals surface area contributed by atoms with Crippen molar-refractivity contribution in [1.82, 2.24) is 4.98 Å². The molecule has 4 rings (SSSR count). The average molecular weight is 328 g/mol. The number of carbonyl (C=O) groups excluding carboxylic acids is 1. The number of rotatable bonds is 4. The summed E-state index contributed by atoms with van der Waals surface area (Å²) in [4.78, 5) is 19.3. The van der Waals surface area contributed by atoms with Gasteiger partial charge in [-0.05, 0) is 36.4 Å². The lowest BCUT2D eigenvalue weighted by atomic mass is 10.2. The molecule has 4 heteroatoms. The van der Waals surface area contributed by atoms with Gasteiger partial charge in [0.2, 0.25) is 0 Å². The van der Waals surface area contributed by atoms with Crippen LogP contribution in [0, 0.1) is 0 Å². The van der Waals surface area contributed by atoms with Crippen LogP contribution in [0.1, 0.15) is 16.2 Å². The summed E-state index contributed by atoms with van der Waals surface area (Å²) < 4.78 is 5.43. The first-order valence-electron chi connectivity index (χ1n) is 8.06. The van der Waals surface area contributed by atoms with E-state index in [4.69, 9.17) is 4.42 Å². The smallest absolute Gasteiger partial charge is 0.277 e. The summed E-state index contributed by atoms with van der Waals surface area (Å²) in [6.45, 7) is 0.352. The van der Waals surface area contributed by atoms with Crippen LogP contribution in [-0.4, -0.2) is 10.9 Å². The fraction of sp³-hybridized carbons (Fsp3) is 0.0476. The van der Waals surface area contributed by atoms with E-state index in [-0.39, 0.29) is 5.91 Å². The Kier molecular flexibility index (Phi) is 4.01. The van der Waals surface area contributed by atoms with Crippen molar-refractivity contribution in [3.63, 3.8) is 0 Å². The topological polar surface area (TPSA) is 46.3 Å². The Morgan fingerprint density at radius 2 is 1.68 bits per heavy atom. The van der Waals surface area contributed by atoms with E-state index in [1.165, 1.54) is 0 Å². The molecule has 0 atom stereocenters. The number of nitrogens with zero attached hydrogens (tertiary/aromatic N) is 2. The van der Waals surface area contributed by atoms with Crippen LogP contribution in [0.2, 0.25) is 0 Å². The van der Waals surface area contributed by atoms with Crippen molar-refractivity contribution >= 4 is 22.5 Å². The van der Waals surface area contributed by atoms with Gasteiger partial charge in [-0.1, -0.05) is 42.5 Å². The van der Waals surface area contributed by atoms with Crippen molar-refractivity contribution in [3.8, 4) is 0 Å². The molecule has 0 bridgehead atoms. The van der Waals surface area contributed by atoms with Crippen LogP contribution in [0.3, 0.4) is 0 Å². The van der Waals surface area contributed by atoms with Crippen LogP contribution in [0.25, 0.3) is 10.9 Å². The first-order valence-corrected chi connectivity index (χ1v) is 8.06. The van der Waals surface area contributed by atoms with Crippen molar-refractivity contribution < 1.29 is 9.21 Å². The molecule has 4 aromatic rings. The second-order valence-electron chi connectivity index (χ2n) is 5.70. The van der Waals surface area contributed by atoms with Crippen molar-refractivity contribution in [1.29, 1.82) is 0 Å². The number of anilines is 1. The quantitative estimate of drug-likeness (QED) is 0.547. The molecular formula is C21H16N2O2. The Morgan fingerprint density at radius 3 is 2.48 bits per heavy atom. The molecule has 0 saturated heterocycles. The van der Waals surface area contributed by atoms with Gasteiger partial charge in [-0.15, -0.1) is 0 Å². The molecular weight excluding hydrogens is 312 g/mol. The highest BCUT2D eigenvalue weighted by atomic mass is 16.3. The number of pyridine rings is 1. The van der Waals surface area contributed by atoms with Crippen LogP contribution >= 0.6 is 0 Å². The number of amides is 1. The maximum atomic E-state index is 13.1. The summed E-state index contributed by atoms with van der Waals surface area (Å²) in [6.07, 6.45) is 1.61. The lowest BCUT2D eigenvalue weighted by Gasteiger charge is -2.21. The molecule has 0 unspecified atom stereocenters. The van der Waals surface area contributed by atoms with Gasteiger partial charge in [0.25, 0.3) is 5.91 Å². The van der Waals surface area contributed by atoms with Crippen LogP contribution in [-0.2, 0) is 6.54 Å². The van der Waals surface area contributed by atoms with Gasteiger partial charge in [0, 0.05) is 11.1 Å². The highest BCUT2D eigenvalue weighted by molar-refractivity contribution is 6.05. The van der Waals surface area contributed by atoms with Crippen molar-refractivity contribution in [2.45, 2.75) is 6.54 Å². The summed E-state index contributed by atoms with van der Waals surface area (Å²) in [7, 11) is 0. The van der Waals surface area contributed by atoms with Gasteiger partial charge in [-0.2, -0.15) is 0 Å². The van der Waals surface area contributed by atoms with E-state index in [1.54, 1.807) is 17.2 Å². The number of hydrogen-bond acceptors (Lipinski definition) is 3. The number of benzene rings is 2. The van der Waals surface area contributed by atoms with Crippen LogP contribution in [0.15, 0.2) is 89.5 Å². The standard InChI is InChI=1S/C21H16N2O2/c24-21(20-13-12-16-7-4-5-11-19(16)22-20)23(15-18-10-6-14-25-18)17-8-2-1-3-9-17/h1-14H,15H2. The summed E-state index contributed by atoms with van der Waals surface area (Å²) >= 11 is 0. The molecule has 2 aromatic carbocycles. The average Bonchev–Trinajstić information content (AvgIpc) is 3.19. The fourth-order valence-corrected chi connectivity index (χ4v) is 2.77. The molecule has 122 valence electrons. The normalized spacial score (nSPS) is 10.7. The third-order valence-corrected chi connectivity index (χ3v) is 4.02. The Bertz CT molecular complexity index is 995. The van der Waals surface area contributed by atoms with E-state index in [1.807, 2.05) is 72.8 Å². The van der Waals surface area contributed by atoms with E-state index < -0.39 is 0 Å². The number of aromatic nitrogens is 1. The zero-order valence-electron chi connectivity index (χ0n) is 13.5. The maximum Gasteiger partial charge on any atom is 0.277 e. The lowest BCUT2D eigenvalue weighted by molar-refractivity contribution is 0.0979. The van der Waals surface area contributed by atoms with E-state index in [2.05, 4.69) is 4.98 Å². The highest BCUT2D eigenvalue weighted by Crippen LogP contribution is 2.21. The minimum Gasteiger partial charge on any atom is -0.467 e. The fourth-order valence-electron chi connectivity index (χ4n) is 2.77. The molecule has 0 aliphatic heterocycles. The number of para-hydroxylation sites is 2. The van der Waals surface area contributed by atoms with Gasteiger partial charge >= 0.3 is 0 Å². The minimum atomic E-state index is -0.159. The zero-order valence-corrected chi connectivity index (χ0v) is 13.5. The predicted molar refractivity (Wildman–Crippen MR) is 97.4 cm³/mol. The van der Waals surface area contributed by atoms with Gasteiger partial charge in [0.05, 0.1) is 18.3 Å². The van der Waals surface area contributed by atoms with Crippen LogP contribution in [0.4, 0.5) is 5.69 Å². The molecule has 2 heterocycles. The second-order valence-corrected chi connectivity index (χ2v) is 5.70. The second kappa shape index (κ2) is 6.61. The van der Waals surface area contributed by atoms with Crippen molar-refractivity contribution in [2.24, 2.45) is 0 Å². The Morgan fingerprint density at radius 1 is 0.880 bits per heavy atom. The molecule has 25 heavy (non-hydrogen) atoms. The number of furan rings is 1. The van der Waals surface area contributed by atoms with E-state index in [0.29, 0.717) is 12.2 Å².